The third kappa shape index (κ3) is 4.81. The molecule has 1 aliphatic rings. The molecule has 1 N–H and O–H groups in total. The number of benzene rings is 3. The lowest BCUT2D eigenvalue weighted by atomic mass is 9.79. The maximum absolute atomic E-state index is 13.7. The van der Waals surface area contributed by atoms with Gasteiger partial charge in [-0.3, -0.25) is 9.59 Å². The molecule has 5 nitrogen and oxygen atoms in total. The molecule has 0 saturated heterocycles. The summed E-state index contributed by atoms with van der Waals surface area (Å²) in [5.41, 5.74) is 2.86. The zero-order valence-electron chi connectivity index (χ0n) is 19.5. The first-order valence-corrected chi connectivity index (χ1v) is 11.6. The van der Waals surface area contributed by atoms with Crippen LogP contribution in [0.15, 0.2) is 72.8 Å². The molecule has 3 aromatic carbocycles. The van der Waals surface area contributed by atoms with Crippen LogP contribution in [-0.2, 0) is 11.3 Å². The van der Waals surface area contributed by atoms with Crippen LogP contribution >= 0.6 is 0 Å². The number of hydrogen-bond donors (Lipinski definition) is 1. The lowest BCUT2D eigenvalue weighted by molar-refractivity contribution is -0.124. The van der Waals surface area contributed by atoms with E-state index in [2.05, 4.69) is 12.2 Å². The number of unbranched alkanes of at least 4 members (excludes halogenated alkanes) is 1. The first-order chi connectivity index (χ1) is 16.5. The highest BCUT2D eigenvalue weighted by Crippen LogP contribution is 2.44. The molecule has 0 spiro atoms. The summed E-state index contributed by atoms with van der Waals surface area (Å²) in [4.78, 5) is 29.0. The maximum Gasteiger partial charge on any atom is 0.255 e. The van der Waals surface area contributed by atoms with Crippen molar-refractivity contribution in [1.29, 1.82) is 0 Å². The summed E-state index contributed by atoms with van der Waals surface area (Å²) in [6.07, 6.45) is 1.85. The number of carbonyl (C=O) groups is 2. The van der Waals surface area contributed by atoms with Crippen molar-refractivity contribution < 1.29 is 18.7 Å². The molecule has 4 rings (SSSR count). The Morgan fingerprint density at radius 3 is 2.41 bits per heavy atom. The van der Waals surface area contributed by atoms with Crippen LogP contribution in [-0.4, -0.2) is 30.4 Å². The SMILES string of the molecule is CCCCNC(=O)[C@H]1c2ccccc2C(=O)N(Cc2ccc(F)cc2)[C@@H]1c1ccc(OC)cc1. The van der Waals surface area contributed by atoms with Gasteiger partial charge in [-0.15, -0.1) is 0 Å². The summed E-state index contributed by atoms with van der Waals surface area (Å²) in [5, 5.41) is 3.07. The van der Waals surface area contributed by atoms with Crippen LogP contribution in [0.3, 0.4) is 0 Å². The van der Waals surface area contributed by atoms with Gasteiger partial charge in [0.2, 0.25) is 5.91 Å². The molecule has 34 heavy (non-hydrogen) atoms. The van der Waals surface area contributed by atoms with Crippen molar-refractivity contribution in [2.24, 2.45) is 0 Å². The fraction of sp³-hybridized carbons (Fsp3) is 0.286. The first-order valence-electron chi connectivity index (χ1n) is 11.6. The van der Waals surface area contributed by atoms with E-state index in [0.29, 0.717) is 17.9 Å². The number of rotatable bonds is 8. The Kier molecular flexibility index (Phi) is 7.26. The van der Waals surface area contributed by atoms with Crippen molar-refractivity contribution in [3.05, 3.63) is 101 Å². The largest absolute Gasteiger partial charge is 0.497 e. The Hall–Kier alpha value is -3.67. The molecule has 2 amide bonds. The van der Waals surface area contributed by atoms with Crippen molar-refractivity contribution >= 4 is 11.8 Å². The topological polar surface area (TPSA) is 58.6 Å². The zero-order valence-corrected chi connectivity index (χ0v) is 19.5. The predicted molar refractivity (Wildman–Crippen MR) is 129 cm³/mol. The number of hydrogen-bond acceptors (Lipinski definition) is 3. The van der Waals surface area contributed by atoms with E-state index in [0.717, 1.165) is 29.5 Å². The Balaban J connectivity index is 1.82. The molecule has 3 aromatic rings. The number of halogens is 1. The van der Waals surface area contributed by atoms with Gasteiger partial charge in [0.1, 0.15) is 11.6 Å². The number of nitrogens with zero attached hydrogens (tertiary/aromatic N) is 1. The van der Waals surface area contributed by atoms with E-state index in [4.69, 9.17) is 4.74 Å². The number of methoxy groups -OCH3 is 1. The predicted octanol–water partition coefficient (Wildman–Crippen LogP) is 5.23. The number of fused-ring (bicyclic) bond motifs is 1. The molecule has 1 heterocycles. The summed E-state index contributed by atoms with van der Waals surface area (Å²) in [6.45, 7) is 2.91. The smallest absolute Gasteiger partial charge is 0.255 e. The van der Waals surface area contributed by atoms with Crippen molar-refractivity contribution in [2.75, 3.05) is 13.7 Å². The minimum Gasteiger partial charge on any atom is -0.497 e. The minimum atomic E-state index is -0.584. The van der Waals surface area contributed by atoms with Gasteiger partial charge in [0.15, 0.2) is 0 Å². The van der Waals surface area contributed by atoms with E-state index >= 15 is 0 Å². The van der Waals surface area contributed by atoms with Gasteiger partial charge in [0.25, 0.3) is 5.91 Å². The highest BCUT2D eigenvalue weighted by Gasteiger charge is 2.44. The van der Waals surface area contributed by atoms with Crippen molar-refractivity contribution in [2.45, 2.75) is 38.3 Å². The normalized spacial score (nSPS) is 17.3. The average molecular weight is 461 g/mol. The van der Waals surface area contributed by atoms with E-state index in [9.17, 15) is 14.0 Å². The van der Waals surface area contributed by atoms with E-state index in [-0.39, 0.29) is 24.2 Å². The standard InChI is InChI=1S/C28H29FN2O3/c1-3-4-17-30-27(32)25-23-7-5-6-8-24(23)28(33)31(18-19-9-13-21(29)14-10-19)26(25)20-11-15-22(34-2)16-12-20/h5-16,25-26H,3-4,17-18H2,1-2H3,(H,30,32)/t25-,26+/m0/s1. The Morgan fingerprint density at radius 1 is 1.03 bits per heavy atom. The van der Waals surface area contributed by atoms with E-state index in [1.807, 2.05) is 42.5 Å². The lowest BCUT2D eigenvalue weighted by Gasteiger charge is -2.42. The summed E-state index contributed by atoms with van der Waals surface area (Å²) < 4.78 is 18.8. The van der Waals surface area contributed by atoms with Gasteiger partial charge in [-0.2, -0.15) is 0 Å². The van der Waals surface area contributed by atoms with Gasteiger partial charge in [-0.25, -0.2) is 4.39 Å². The molecule has 0 unspecified atom stereocenters. The molecular weight excluding hydrogens is 431 g/mol. The zero-order chi connectivity index (χ0) is 24.1. The molecule has 0 radical (unpaired) electrons. The minimum absolute atomic E-state index is 0.113. The van der Waals surface area contributed by atoms with Crippen molar-refractivity contribution in [3.8, 4) is 5.75 Å². The van der Waals surface area contributed by atoms with Crippen LogP contribution in [0.25, 0.3) is 0 Å². The van der Waals surface area contributed by atoms with Gasteiger partial charge in [-0.1, -0.05) is 55.8 Å². The van der Waals surface area contributed by atoms with Crippen LogP contribution in [0.5, 0.6) is 5.75 Å². The highest BCUT2D eigenvalue weighted by molar-refractivity contribution is 6.01. The first kappa shape index (κ1) is 23.5. The molecule has 0 aromatic heterocycles. The average Bonchev–Trinajstić information content (AvgIpc) is 2.87. The van der Waals surface area contributed by atoms with E-state index < -0.39 is 12.0 Å². The van der Waals surface area contributed by atoms with Crippen LogP contribution < -0.4 is 10.1 Å². The second-order valence-electron chi connectivity index (χ2n) is 8.49. The molecule has 176 valence electrons. The third-order valence-electron chi connectivity index (χ3n) is 6.27. The fourth-order valence-electron chi connectivity index (χ4n) is 4.51. The van der Waals surface area contributed by atoms with E-state index in [1.165, 1.54) is 12.1 Å². The molecule has 0 aliphatic carbocycles. The molecule has 1 aliphatic heterocycles. The van der Waals surface area contributed by atoms with Crippen LogP contribution in [0.1, 0.15) is 58.8 Å². The quantitative estimate of drug-likeness (QED) is 0.468. The van der Waals surface area contributed by atoms with Gasteiger partial charge in [0, 0.05) is 18.7 Å². The Labute approximate surface area is 199 Å². The summed E-state index contributed by atoms with van der Waals surface area (Å²) >= 11 is 0. The Morgan fingerprint density at radius 2 is 1.74 bits per heavy atom. The van der Waals surface area contributed by atoms with Crippen LogP contribution in [0, 0.1) is 5.82 Å². The molecule has 6 heteroatoms. The van der Waals surface area contributed by atoms with E-state index in [1.54, 1.807) is 30.2 Å². The molecule has 0 bridgehead atoms. The van der Waals surface area contributed by atoms with Crippen LogP contribution in [0.4, 0.5) is 4.39 Å². The highest BCUT2D eigenvalue weighted by atomic mass is 19.1. The second-order valence-corrected chi connectivity index (χ2v) is 8.49. The molecule has 0 saturated carbocycles. The summed E-state index contributed by atoms with van der Waals surface area (Å²) in [6, 6.07) is 20.4. The molecular formula is C28H29FN2O3. The van der Waals surface area contributed by atoms with Gasteiger partial charge in [-0.05, 0) is 53.4 Å². The lowest BCUT2D eigenvalue weighted by Crippen LogP contribution is -2.47. The number of nitrogens with one attached hydrogen (secondary N) is 1. The fourth-order valence-corrected chi connectivity index (χ4v) is 4.51. The van der Waals surface area contributed by atoms with Crippen molar-refractivity contribution in [3.63, 3.8) is 0 Å². The van der Waals surface area contributed by atoms with Gasteiger partial charge >= 0.3 is 0 Å². The molecule has 0 fully saturated rings. The third-order valence-corrected chi connectivity index (χ3v) is 6.27. The number of ether oxygens (including phenoxy) is 1. The second kappa shape index (κ2) is 10.5. The number of carbonyl (C=O) groups excluding carboxylic acids is 2. The maximum atomic E-state index is 13.7. The van der Waals surface area contributed by atoms with Gasteiger partial charge < -0.3 is 15.0 Å². The van der Waals surface area contributed by atoms with Crippen LogP contribution in [0.2, 0.25) is 0 Å². The monoisotopic (exact) mass is 460 g/mol. The van der Waals surface area contributed by atoms with Crippen molar-refractivity contribution in [1.82, 2.24) is 10.2 Å². The number of amides is 2. The summed E-state index contributed by atoms with van der Waals surface area (Å²) in [5.74, 6) is -0.490. The molecule has 2 atom stereocenters. The van der Waals surface area contributed by atoms with Gasteiger partial charge in [0.05, 0.1) is 19.1 Å². The summed E-state index contributed by atoms with van der Waals surface area (Å²) in [7, 11) is 1.60. The Bertz CT molecular complexity index is 1150.